The number of halogens is 3. The highest BCUT2D eigenvalue weighted by Crippen LogP contribution is 2.33. The largest absolute Gasteiger partial charge is 0.456 e. The van der Waals surface area contributed by atoms with Gasteiger partial charge in [0.2, 0.25) is 0 Å². The average molecular weight is 373 g/mol. The van der Waals surface area contributed by atoms with Gasteiger partial charge in [-0.05, 0) is 54.8 Å². The van der Waals surface area contributed by atoms with Gasteiger partial charge in [0.1, 0.15) is 17.3 Å². The molecule has 0 radical (unpaired) electrons. The molecule has 0 aliphatic heterocycles. The maximum absolute atomic E-state index is 13.4. The van der Waals surface area contributed by atoms with E-state index in [0.717, 1.165) is 16.5 Å². The summed E-state index contributed by atoms with van der Waals surface area (Å²) in [6.45, 7) is 2.00. The van der Waals surface area contributed by atoms with E-state index in [1.807, 2.05) is 13.0 Å². The molecule has 0 aliphatic carbocycles. The molecule has 0 aliphatic rings. The predicted molar refractivity (Wildman–Crippen MR) is 87.6 cm³/mol. The van der Waals surface area contributed by atoms with Crippen molar-refractivity contribution in [3.05, 3.63) is 57.3 Å². The van der Waals surface area contributed by atoms with Crippen LogP contribution in [0.15, 0.2) is 40.9 Å². The Morgan fingerprint density at radius 3 is 2.62 bits per heavy atom. The first-order valence-corrected chi connectivity index (χ1v) is 7.83. The molecule has 2 rings (SSSR count). The van der Waals surface area contributed by atoms with Crippen molar-refractivity contribution in [2.75, 3.05) is 0 Å². The van der Waals surface area contributed by atoms with Crippen molar-refractivity contribution >= 4 is 27.5 Å². The average Bonchev–Trinajstić information content (AvgIpc) is 2.44. The van der Waals surface area contributed by atoms with E-state index < -0.39 is 0 Å². The number of hydrogen-bond donors (Lipinski definition) is 1. The molecule has 0 bridgehead atoms. The van der Waals surface area contributed by atoms with E-state index in [2.05, 4.69) is 15.9 Å². The molecule has 0 saturated heterocycles. The molecule has 0 saturated carbocycles. The highest BCUT2D eigenvalue weighted by Gasteiger charge is 2.12. The van der Waals surface area contributed by atoms with E-state index >= 15 is 0 Å². The Bertz CT molecular complexity index is 636. The summed E-state index contributed by atoms with van der Waals surface area (Å²) in [6, 6.07) is 9.74. The summed E-state index contributed by atoms with van der Waals surface area (Å²) in [6.07, 6.45) is 1.37. The van der Waals surface area contributed by atoms with Crippen molar-refractivity contribution in [1.82, 2.24) is 0 Å². The first-order chi connectivity index (χ1) is 9.99. The number of benzene rings is 2. The zero-order valence-corrected chi connectivity index (χ0v) is 13.9. The molecule has 112 valence electrons. The molecule has 0 aromatic heterocycles. The van der Waals surface area contributed by atoms with Crippen LogP contribution in [0.4, 0.5) is 4.39 Å². The molecule has 0 fully saturated rings. The molecule has 2 nitrogen and oxygen atoms in total. The molecule has 0 amide bonds. The molecule has 2 aromatic carbocycles. The fraction of sp³-hybridized carbons (Fsp3) is 0.250. The Balaban J connectivity index is 2.30. The second-order valence-corrected chi connectivity index (χ2v) is 6.12. The normalized spacial score (nSPS) is 12.2. The Labute approximate surface area is 137 Å². The van der Waals surface area contributed by atoms with E-state index in [-0.39, 0.29) is 11.9 Å². The van der Waals surface area contributed by atoms with Gasteiger partial charge in [-0.25, -0.2) is 4.39 Å². The van der Waals surface area contributed by atoms with E-state index in [1.165, 1.54) is 12.1 Å². The van der Waals surface area contributed by atoms with Gasteiger partial charge in [-0.2, -0.15) is 0 Å². The maximum atomic E-state index is 13.4. The van der Waals surface area contributed by atoms with Crippen LogP contribution in [0.2, 0.25) is 5.02 Å². The highest BCUT2D eigenvalue weighted by atomic mass is 79.9. The topological polar surface area (TPSA) is 35.2 Å². The van der Waals surface area contributed by atoms with Gasteiger partial charge in [-0.15, -0.1) is 0 Å². The lowest BCUT2D eigenvalue weighted by molar-refractivity contribution is 0.469. The van der Waals surface area contributed by atoms with Crippen LogP contribution in [0.5, 0.6) is 11.5 Å². The van der Waals surface area contributed by atoms with Crippen molar-refractivity contribution in [3.8, 4) is 11.5 Å². The molecule has 1 atom stereocenters. The van der Waals surface area contributed by atoms with Crippen molar-refractivity contribution in [2.45, 2.75) is 25.8 Å². The first kappa shape index (κ1) is 16.3. The Kier molecular flexibility index (Phi) is 5.62. The van der Waals surface area contributed by atoms with Gasteiger partial charge >= 0.3 is 0 Å². The molecule has 0 heterocycles. The molecular weight excluding hydrogens is 357 g/mol. The van der Waals surface area contributed by atoms with Gasteiger partial charge in [0.15, 0.2) is 0 Å². The van der Waals surface area contributed by atoms with E-state index in [4.69, 9.17) is 22.1 Å². The van der Waals surface area contributed by atoms with Crippen LogP contribution >= 0.6 is 27.5 Å². The van der Waals surface area contributed by atoms with Gasteiger partial charge in [0.05, 0.1) is 5.02 Å². The molecule has 2 N–H and O–H groups in total. The van der Waals surface area contributed by atoms with Gasteiger partial charge in [-0.1, -0.05) is 34.5 Å². The summed E-state index contributed by atoms with van der Waals surface area (Å²) in [7, 11) is 0. The quantitative estimate of drug-likeness (QED) is 0.771. The third-order valence-electron chi connectivity index (χ3n) is 3.14. The lowest BCUT2D eigenvalue weighted by atomic mass is 10.0. The summed E-state index contributed by atoms with van der Waals surface area (Å²) < 4.78 is 20.1. The summed E-state index contributed by atoms with van der Waals surface area (Å²) in [5.41, 5.74) is 6.70. The third-order valence-corrected chi connectivity index (χ3v) is 3.93. The van der Waals surface area contributed by atoms with Gasteiger partial charge < -0.3 is 10.5 Å². The first-order valence-electron chi connectivity index (χ1n) is 6.66. The molecule has 2 aromatic rings. The van der Waals surface area contributed by atoms with E-state index in [9.17, 15) is 4.39 Å². The molecule has 0 spiro atoms. The Morgan fingerprint density at radius 1 is 1.24 bits per heavy atom. The minimum atomic E-state index is -0.303. The predicted octanol–water partition coefficient (Wildman–Crippen LogP) is 5.31. The van der Waals surface area contributed by atoms with Gasteiger partial charge in [0, 0.05) is 10.5 Å². The zero-order valence-electron chi connectivity index (χ0n) is 11.6. The van der Waals surface area contributed by atoms with Crippen LogP contribution in [-0.4, -0.2) is 6.04 Å². The lowest BCUT2D eigenvalue weighted by Gasteiger charge is -2.15. The summed E-state index contributed by atoms with van der Waals surface area (Å²) >= 11 is 9.48. The van der Waals surface area contributed by atoms with Crippen LogP contribution in [0, 0.1) is 5.82 Å². The fourth-order valence-corrected chi connectivity index (χ4v) is 2.62. The molecule has 5 heteroatoms. The molecular formula is C16H16BrClFNO. The SMILES string of the molecule is CCC(N)Cc1cc(F)ccc1Oc1ccc(Br)cc1Cl. The van der Waals surface area contributed by atoms with Crippen LogP contribution in [-0.2, 0) is 6.42 Å². The van der Waals surface area contributed by atoms with Crippen molar-refractivity contribution in [2.24, 2.45) is 5.73 Å². The smallest absolute Gasteiger partial charge is 0.146 e. The summed E-state index contributed by atoms with van der Waals surface area (Å²) in [5, 5.41) is 0.486. The number of rotatable bonds is 5. The van der Waals surface area contributed by atoms with Gasteiger partial charge in [-0.3, -0.25) is 0 Å². The second-order valence-electron chi connectivity index (χ2n) is 4.80. The summed E-state index contributed by atoms with van der Waals surface area (Å²) in [4.78, 5) is 0. The minimum Gasteiger partial charge on any atom is -0.456 e. The van der Waals surface area contributed by atoms with E-state index in [0.29, 0.717) is 22.9 Å². The van der Waals surface area contributed by atoms with E-state index in [1.54, 1.807) is 18.2 Å². The second kappa shape index (κ2) is 7.25. The monoisotopic (exact) mass is 371 g/mol. The molecule has 1 unspecified atom stereocenters. The number of hydrogen-bond acceptors (Lipinski definition) is 2. The number of ether oxygens (including phenoxy) is 1. The van der Waals surface area contributed by atoms with Crippen molar-refractivity contribution in [1.29, 1.82) is 0 Å². The van der Waals surface area contributed by atoms with Crippen LogP contribution < -0.4 is 10.5 Å². The number of nitrogens with two attached hydrogens (primary N) is 1. The van der Waals surface area contributed by atoms with Gasteiger partial charge in [0.25, 0.3) is 0 Å². The lowest BCUT2D eigenvalue weighted by Crippen LogP contribution is -2.21. The Morgan fingerprint density at radius 2 is 1.95 bits per heavy atom. The Hall–Kier alpha value is -1.10. The van der Waals surface area contributed by atoms with Crippen LogP contribution in [0.3, 0.4) is 0 Å². The van der Waals surface area contributed by atoms with Crippen LogP contribution in [0.1, 0.15) is 18.9 Å². The summed E-state index contributed by atoms with van der Waals surface area (Å²) in [5.74, 6) is 0.796. The zero-order chi connectivity index (χ0) is 15.4. The van der Waals surface area contributed by atoms with Crippen molar-refractivity contribution < 1.29 is 9.13 Å². The maximum Gasteiger partial charge on any atom is 0.146 e. The van der Waals surface area contributed by atoms with Crippen molar-refractivity contribution in [3.63, 3.8) is 0 Å². The highest BCUT2D eigenvalue weighted by molar-refractivity contribution is 9.10. The minimum absolute atomic E-state index is 0.0328. The molecule has 21 heavy (non-hydrogen) atoms. The standard InChI is InChI=1S/C16H16BrClFNO/c1-2-13(20)8-10-7-12(19)4-6-15(10)21-16-5-3-11(17)9-14(16)18/h3-7,9,13H,2,8,20H2,1H3. The third kappa shape index (κ3) is 4.43. The fourth-order valence-electron chi connectivity index (χ4n) is 1.91. The van der Waals surface area contributed by atoms with Crippen LogP contribution in [0.25, 0.3) is 0 Å².